The van der Waals surface area contributed by atoms with E-state index in [0.717, 1.165) is 38.0 Å². The number of alkyl halides is 1. The lowest BCUT2D eigenvalue weighted by molar-refractivity contribution is -0.119. The molecule has 0 spiro atoms. The van der Waals surface area contributed by atoms with E-state index >= 15 is 0 Å². The van der Waals surface area contributed by atoms with Crippen LogP contribution in [0.5, 0.6) is 5.75 Å². The third-order valence-electron chi connectivity index (χ3n) is 8.80. The van der Waals surface area contributed by atoms with Gasteiger partial charge in [-0.05, 0) is 58.2 Å². The van der Waals surface area contributed by atoms with Crippen LogP contribution in [0.2, 0.25) is 0 Å². The summed E-state index contributed by atoms with van der Waals surface area (Å²) in [6.07, 6.45) is 2.58. The van der Waals surface area contributed by atoms with E-state index in [2.05, 4.69) is 10.3 Å². The molecule has 4 aromatic carbocycles. The highest BCUT2D eigenvalue weighted by molar-refractivity contribution is 8.76. The zero-order chi connectivity index (χ0) is 33.9. The number of fused-ring (bicyclic) bond motifs is 6. The van der Waals surface area contributed by atoms with E-state index in [0.29, 0.717) is 48.4 Å². The molecule has 0 radical (unpaired) electrons. The highest BCUT2D eigenvalue weighted by atomic mass is 35.5. The number of phenols is 1. The molecule has 0 bridgehead atoms. The molecule has 3 amide bonds. The van der Waals surface area contributed by atoms with Gasteiger partial charge in [0.25, 0.3) is 0 Å². The molecule has 2 aliphatic heterocycles. The normalized spacial score (nSPS) is 15.0. The summed E-state index contributed by atoms with van der Waals surface area (Å²) in [7, 11) is 3.08. The molecular weight excluding hydrogens is 680 g/mol. The summed E-state index contributed by atoms with van der Waals surface area (Å²) in [4.78, 5) is 47.4. The number of rotatable bonds is 10. The van der Waals surface area contributed by atoms with Gasteiger partial charge < -0.3 is 19.6 Å². The van der Waals surface area contributed by atoms with Gasteiger partial charge in [0.15, 0.2) is 0 Å². The predicted octanol–water partition coefficient (Wildman–Crippen LogP) is 8.47. The monoisotopic (exact) mass is 712 g/mol. The van der Waals surface area contributed by atoms with Crippen molar-refractivity contribution in [1.82, 2.24) is 4.98 Å². The molecular formula is C37H33ClN4O5S2. The van der Waals surface area contributed by atoms with Gasteiger partial charge in [0.1, 0.15) is 17.4 Å². The summed E-state index contributed by atoms with van der Waals surface area (Å²) in [5.74, 6) is 0.475. The highest BCUT2D eigenvalue weighted by Gasteiger charge is 2.34. The van der Waals surface area contributed by atoms with Crippen LogP contribution in [-0.4, -0.2) is 53.4 Å². The standard InChI is InChI=1S/C37H33ClN4O5S2/c38-28-22-42(31-21-32(43)26-10-3-4-11-27(26)36(28)31)35(45)14-7-13-34(44)41-17-15-25-23-8-1-2-9-24(23)29(20-30(25)41)40-37(46)47-18-19-48-49-33-12-5-6-16-39-33/h1-6,8-12,16,20-21,28,43H,7,13-15,17-19,22H2,(H,40,46)/t28-/m1/s1. The number of nitrogens with one attached hydrogen (secondary N) is 1. The molecule has 3 heterocycles. The number of pyridine rings is 1. The fourth-order valence-corrected chi connectivity index (χ4v) is 8.68. The van der Waals surface area contributed by atoms with Crippen LogP contribution in [0.1, 0.15) is 35.8 Å². The molecule has 0 aliphatic carbocycles. The van der Waals surface area contributed by atoms with Gasteiger partial charge in [0.05, 0.1) is 16.8 Å². The first kappa shape index (κ1) is 33.1. The molecule has 5 aromatic rings. The molecule has 2 N–H and O–H groups in total. The summed E-state index contributed by atoms with van der Waals surface area (Å²) in [6.45, 7) is 1.06. The fourth-order valence-electron chi connectivity index (χ4n) is 6.61. The summed E-state index contributed by atoms with van der Waals surface area (Å²) in [5, 5.41) is 17.4. The van der Waals surface area contributed by atoms with E-state index < -0.39 is 11.5 Å². The molecule has 250 valence electrons. The van der Waals surface area contributed by atoms with E-state index in [9.17, 15) is 19.5 Å². The number of benzene rings is 4. The van der Waals surface area contributed by atoms with Crippen molar-refractivity contribution >= 4 is 89.7 Å². The van der Waals surface area contributed by atoms with Crippen LogP contribution in [-0.2, 0) is 20.7 Å². The van der Waals surface area contributed by atoms with Crippen molar-refractivity contribution in [3.05, 3.63) is 96.2 Å². The van der Waals surface area contributed by atoms with Crippen LogP contribution >= 0.6 is 33.2 Å². The Labute approximate surface area is 296 Å². The number of hydrogen-bond donors (Lipinski definition) is 2. The number of amides is 3. The second-order valence-electron chi connectivity index (χ2n) is 11.8. The molecule has 0 saturated heterocycles. The Kier molecular flexibility index (Phi) is 9.84. The largest absolute Gasteiger partial charge is 0.507 e. The lowest BCUT2D eigenvalue weighted by Crippen LogP contribution is -2.31. The third-order valence-corrected chi connectivity index (χ3v) is 11.4. The Morgan fingerprint density at radius 1 is 0.898 bits per heavy atom. The minimum atomic E-state index is -0.563. The zero-order valence-corrected chi connectivity index (χ0v) is 28.8. The van der Waals surface area contributed by atoms with Crippen LogP contribution in [0.3, 0.4) is 0 Å². The Bertz CT molecular complexity index is 2060. The van der Waals surface area contributed by atoms with Crippen LogP contribution in [0.15, 0.2) is 90.1 Å². The number of halogens is 1. The molecule has 9 nitrogen and oxygen atoms in total. The van der Waals surface area contributed by atoms with Crippen LogP contribution in [0, 0.1) is 0 Å². The van der Waals surface area contributed by atoms with Gasteiger partial charge >= 0.3 is 6.09 Å². The van der Waals surface area contributed by atoms with Crippen molar-refractivity contribution in [3.63, 3.8) is 0 Å². The second-order valence-corrected chi connectivity index (χ2v) is 14.8. The van der Waals surface area contributed by atoms with Crippen LogP contribution in [0.4, 0.5) is 21.9 Å². The molecule has 7 rings (SSSR count). The summed E-state index contributed by atoms with van der Waals surface area (Å²) in [6, 6.07) is 24.5. The van der Waals surface area contributed by atoms with Gasteiger partial charge in [-0.1, -0.05) is 65.4 Å². The van der Waals surface area contributed by atoms with Crippen molar-refractivity contribution in [2.75, 3.05) is 40.6 Å². The molecule has 2 aliphatic rings. The molecule has 12 heteroatoms. The maximum atomic E-state index is 13.6. The number of carbonyl (C=O) groups is 3. The average molecular weight is 713 g/mol. The first-order valence-electron chi connectivity index (χ1n) is 16.1. The quantitative estimate of drug-likeness (QED) is 0.0843. The minimum Gasteiger partial charge on any atom is -0.507 e. The lowest BCUT2D eigenvalue weighted by Gasteiger charge is -2.21. The Morgan fingerprint density at radius 2 is 1.61 bits per heavy atom. The number of anilines is 3. The van der Waals surface area contributed by atoms with Crippen molar-refractivity contribution in [3.8, 4) is 5.75 Å². The molecule has 0 unspecified atom stereocenters. The van der Waals surface area contributed by atoms with Crippen LogP contribution in [0.25, 0.3) is 21.5 Å². The van der Waals surface area contributed by atoms with E-state index in [4.69, 9.17) is 16.3 Å². The number of hydrogen-bond acceptors (Lipinski definition) is 8. The van der Waals surface area contributed by atoms with Crippen molar-refractivity contribution < 1.29 is 24.2 Å². The first-order valence-corrected chi connectivity index (χ1v) is 18.8. The Balaban J connectivity index is 0.979. The molecule has 0 saturated carbocycles. The minimum absolute atomic E-state index is 0.0848. The average Bonchev–Trinajstić information content (AvgIpc) is 3.69. The number of carbonyl (C=O) groups excluding carboxylic acids is 3. The Hall–Kier alpha value is -4.45. The summed E-state index contributed by atoms with van der Waals surface area (Å²) < 4.78 is 5.46. The van der Waals surface area contributed by atoms with E-state index in [1.54, 1.807) is 32.9 Å². The maximum absolute atomic E-state index is 13.6. The van der Waals surface area contributed by atoms with Gasteiger partial charge in [0.2, 0.25) is 11.8 Å². The van der Waals surface area contributed by atoms with Crippen molar-refractivity contribution in [1.29, 1.82) is 0 Å². The van der Waals surface area contributed by atoms with Crippen LogP contribution < -0.4 is 15.1 Å². The van der Waals surface area contributed by atoms with E-state index in [1.807, 2.05) is 72.8 Å². The summed E-state index contributed by atoms with van der Waals surface area (Å²) >= 11 is 6.70. The molecule has 1 atom stereocenters. The summed E-state index contributed by atoms with van der Waals surface area (Å²) in [5.41, 5.74) is 3.84. The number of aromatic nitrogens is 1. The number of ether oxygens (including phenoxy) is 1. The number of phenolic OH excluding ortho intramolecular Hbond substituents is 1. The van der Waals surface area contributed by atoms with Gasteiger partial charge in [-0.2, -0.15) is 0 Å². The van der Waals surface area contributed by atoms with E-state index in [-0.39, 0.29) is 37.0 Å². The Morgan fingerprint density at radius 3 is 2.39 bits per heavy atom. The lowest BCUT2D eigenvalue weighted by atomic mass is 10.0. The SMILES string of the molecule is O=C(Nc1cc2c(c3ccccc13)CCN2C(=O)CCCC(=O)N1C[C@@H](Cl)c2c1cc(O)c1ccccc21)OCCSSc1ccccn1. The third kappa shape index (κ3) is 6.88. The predicted molar refractivity (Wildman–Crippen MR) is 198 cm³/mol. The molecule has 1 aromatic heterocycles. The highest BCUT2D eigenvalue weighted by Crippen LogP contribution is 2.46. The van der Waals surface area contributed by atoms with Gasteiger partial charge in [-0.15, -0.1) is 11.6 Å². The van der Waals surface area contributed by atoms with Crippen molar-refractivity contribution in [2.24, 2.45) is 0 Å². The zero-order valence-electron chi connectivity index (χ0n) is 26.4. The van der Waals surface area contributed by atoms with Gasteiger partial charge in [-0.25, -0.2) is 9.78 Å². The van der Waals surface area contributed by atoms with E-state index in [1.165, 1.54) is 10.8 Å². The number of aromatic hydroxyl groups is 1. The second kappa shape index (κ2) is 14.6. The molecule has 49 heavy (non-hydrogen) atoms. The first-order chi connectivity index (χ1) is 23.9. The maximum Gasteiger partial charge on any atom is 0.411 e. The van der Waals surface area contributed by atoms with Gasteiger partial charge in [-0.3, -0.25) is 14.9 Å². The topological polar surface area (TPSA) is 112 Å². The smallest absolute Gasteiger partial charge is 0.411 e. The fraction of sp³-hybridized carbons (Fsp3) is 0.243. The molecule has 0 fully saturated rings. The van der Waals surface area contributed by atoms with Crippen molar-refractivity contribution in [2.45, 2.75) is 36.1 Å². The van der Waals surface area contributed by atoms with Gasteiger partial charge in [0, 0.05) is 66.0 Å². The number of nitrogens with zero attached hydrogens (tertiary/aromatic N) is 3.